The Hall–Kier alpha value is -3.61. The Morgan fingerprint density at radius 2 is 1.67 bits per heavy atom. The normalized spacial score (nSPS) is 17.8. The number of amides is 1. The average molecular weight is 656 g/mol. The molecule has 16 heteroatoms. The fraction of sp³-hybridized carbons (Fsp3) is 0.423. The molecule has 0 bridgehead atoms. The molecule has 1 unspecified atom stereocenters. The predicted molar refractivity (Wildman–Crippen MR) is 141 cm³/mol. The van der Waals surface area contributed by atoms with Gasteiger partial charge in [-0.05, 0) is 0 Å². The number of halogens is 6. The van der Waals surface area contributed by atoms with Crippen LogP contribution in [0.5, 0.6) is 0 Å². The maximum atomic E-state index is 13.8. The van der Waals surface area contributed by atoms with Crippen molar-refractivity contribution in [3.05, 3.63) is 75.5 Å². The molecule has 0 saturated carbocycles. The van der Waals surface area contributed by atoms with Crippen molar-refractivity contribution in [3.63, 3.8) is 0 Å². The summed E-state index contributed by atoms with van der Waals surface area (Å²) in [4.78, 5) is 37.6. The summed E-state index contributed by atoms with van der Waals surface area (Å²) < 4.78 is 79.7. The number of carbonyl (C=O) groups is 1. The van der Waals surface area contributed by atoms with Crippen LogP contribution < -0.4 is 15.4 Å². The van der Waals surface area contributed by atoms with Crippen molar-refractivity contribution in [1.29, 1.82) is 0 Å². The Labute approximate surface area is 242 Å². The molecule has 1 atom stereocenters. The van der Waals surface area contributed by atoms with Gasteiger partial charge < -0.3 is 0 Å². The van der Waals surface area contributed by atoms with Crippen LogP contribution in [0.3, 0.4) is 0 Å². The second kappa shape index (κ2) is 11.9. The number of aromatic amines is 1. The van der Waals surface area contributed by atoms with Crippen molar-refractivity contribution in [1.82, 2.24) is 25.1 Å². The topological polar surface area (TPSA) is 98.3 Å². The minimum absolute atomic E-state index is 0.0554. The summed E-state index contributed by atoms with van der Waals surface area (Å²) >= 11 is -0.424. The average Bonchev–Trinajstić information content (AvgIpc) is 3.32. The van der Waals surface area contributed by atoms with Gasteiger partial charge in [0.15, 0.2) is 0 Å². The molecule has 0 aliphatic carbocycles. The van der Waals surface area contributed by atoms with Gasteiger partial charge in [0.1, 0.15) is 0 Å². The summed E-state index contributed by atoms with van der Waals surface area (Å²) in [6.45, 7) is 1.72. The molecule has 1 amide bonds. The van der Waals surface area contributed by atoms with E-state index in [9.17, 15) is 35.9 Å². The van der Waals surface area contributed by atoms with Crippen molar-refractivity contribution in [2.24, 2.45) is 0 Å². The summed E-state index contributed by atoms with van der Waals surface area (Å²) in [7, 11) is 0. The molecule has 1 radical (unpaired) electrons. The number of alkyl halides is 6. The van der Waals surface area contributed by atoms with Crippen LogP contribution in [0.25, 0.3) is 0 Å². The number of benzene rings is 1. The standard InChI is InChI=1S/C26H25AsF6N7O2/c28-25(29,30)17-12-34-24(35-13-17)39-9-7-38(8-10-39)21(41)5-6-27-11-19-18-4-2-1-3-16(18)15-40(19)20-14-36-37-23(42)22(20)26(31,32)33/h1-4,12-14,19H,5-11,15H2,(H,37,42). The van der Waals surface area contributed by atoms with Crippen molar-refractivity contribution in [3.8, 4) is 0 Å². The van der Waals surface area contributed by atoms with E-state index in [2.05, 4.69) is 15.1 Å². The van der Waals surface area contributed by atoms with Crippen molar-refractivity contribution in [2.75, 3.05) is 36.0 Å². The van der Waals surface area contributed by atoms with Gasteiger partial charge in [0.05, 0.1) is 0 Å². The second-order valence-corrected chi connectivity index (χ2v) is 12.5. The molecule has 3 aromatic rings. The molecule has 0 spiro atoms. The van der Waals surface area contributed by atoms with Crippen LogP contribution in [-0.2, 0) is 23.7 Å². The molecule has 2 aliphatic heterocycles. The summed E-state index contributed by atoms with van der Waals surface area (Å²) in [5, 5.41) is 6.67. The molecule has 223 valence electrons. The zero-order valence-corrected chi connectivity index (χ0v) is 23.9. The zero-order valence-electron chi connectivity index (χ0n) is 22.0. The molecule has 2 aliphatic rings. The number of nitrogens with zero attached hydrogens (tertiary/aromatic N) is 6. The van der Waals surface area contributed by atoms with Gasteiger partial charge in [0, 0.05) is 0 Å². The van der Waals surface area contributed by atoms with E-state index in [1.807, 2.05) is 29.4 Å². The van der Waals surface area contributed by atoms with Gasteiger partial charge >= 0.3 is 230 Å². The van der Waals surface area contributed by atoms with Crippen molar-refractivity contribution < 1.29 is 31.1 Å². The number of piperazine rings is 1. The first-order chi connectivity index (χ1) is 19.9. The van der Waals surface area contributed by atoms with E-state index in [1.54, 1.807) is 14.7 Å². The Bertz CT molecular complexity index is 1470. The van der Waals surface area contributed by atoms with Crippen LogP contribution in [0.4, 0.5) is 38.0 Å². The first-order valence-electron chi connectivity index (χ1n) is 13.0. The Morgan fingerprint density at radius 1 is 0.976 bits per heavy atom. The van der Waals surface area contributed by atoms with Gasteiger partial charge in [-0.3, -0.25) is 0 Å². The van der Waals surface area contributed by atoms with Crippen molar-refractivity contribution >= 4 is 33.3 Å². The van der Waals surface area contributed by atoms with Gasteiger partial charge in [-0.2, -0.15) is 13.2 Å². The number of anilines is 2. The van der Waals surface area contributed by atoms with E-state index in [4.69, 9.17) is 0 Å². The molecular formula is C26H25AsF6N7O2. The number of aromatic nitrogens is 4. The summed E-state index contributed by atoms with van der Waals surface area (Å²) in [6, 6.07) is 6.99. The molecule has 1 saturated heterocycles. The summed E-state index contributed by atoms with van der Waals surface area (Å²) in [5.41, 5.74) is -1.99. The van der Waals surface area contributed by atoms with Crippen LogP contribution in [0.15, 0.2) is 47.7 Å². The molecule has 5 rings (SSSR count). The van der Waals surface area contributed by atoms with E-state index < -0.39 is 44.8 Å². The fourth-order valence-electron chi connectivity index (χ4n) is 5.13. The summed E-state index contributed by atoms with van der Waals surface area (Å²) in [5.74, 6) is 0.117. The number of hydrogen-bond acceptors (Lipinski definition) is 7. The van der Waals surface area contributed by atoms with Crippen LogP contribution in [-0.4, -0.2) is 72.9 Å². The maximum absolute atomic E-state index is 13.8. The number of hydrogen-bond donors (Lipinski definition) is 1. The van der Waals surface area contributed by atoms with Gasteiger partial charge in [-0.15, -0.1) is 0 Å². The first kappa shape index (κ1) is 29.9. The number of fused-ring (bicyclic) bond motifs is 1. The van der Waals surface area contributed by atoms with Crippen LogP contribution in [0.1, 0.15) is 34.7 Å². The first-order valence-corrected chi connectivity index (χ1v) is 15.6. The Kier molecular flexibility index (Phi) is 8.49. The number of carbonyl (C=O) groups excluding carboxylic acids is 1. The van der Waals surface area contributed by atoms with Gasteiger partial charge in [-0.1, -0.05) is 0 Å². The third kappa shape index (κ3) is 6.40. The fourth-order valence-corrected chi connectivity index (χ4v) is 7.58. The zero-order chi connectivity index (χ0) is 30.1. The van der Waals surface area contributed by atoms with Gasteiger partial charge in [0.25, 0.3) is 0 Å². The minimum atomic E-state index is -4.85. The van der Waals surface area contributed by atoms with E-state index in [-0.39, 0.29) is 36.6 Å². The van der Waals surface area contributed by atoms with Crippen LogP contribution >= 0.6 is 0 Å². The van der Waals surface area contributed by atoms with Crippen LogP contribution in [0.2, 0.25) is 10.4 Å². The third-order valence-electron chi connectivity index (χ3n) is 7.23. The summed E-state index contributed by atoms with van der Waals surface area (Å²) in [6.07, 6.45) is -6.57. The number of rotatable bonds is 7. The van der Waals surface area contributed by atoms with Crippen molar-refractivity contribution in [2.45, 2.75) is 41.8 Å². The monoisotopic (exact) mass is 656 g/mol. The van der Waals surface area contributed by atoms with Gasteiger partial charge in [-0.25, -0.2) is 0 Å². The van der Waals surface area contributed by atoms with Gasteiger partial charge in [0.2, 0.25) is 0 Å². The van der Waals surface area contributed by atoms with E-state index in [0.717, 1.165) is 29.7 Å². The van der Waals surface area contributed by atoms with E-state index in [1.165, 1.54) is 0 Å². The molecule has 1 aromatic carbocycles. The molecule has 9 nitrogen and oxygen atoms in total. The van der Waals surface area contributed by atoms with E-state index in [0.29, 0.717) is 36.6 Å². The number of nitrogens with one attached hydrogen (secondary N) is 1. The molecular weight excluding hydrogens is 631 g/mol. The Morgan fingerprint density at radius 3 is 2.33 bits per heavy atom. The SMILES string of the molecule is O=C(CC[As]CC1c2ccccc2CN1c1cn[nH]c(=O)c1C(F)(F)F)N1CCN(c2ncc(C(F)(F)F)cn2)CC1. The third-order valence-corrected chi connectivity index (χ3v) is 9.63. The quantitative estimate of drug-likeness (QED) is 0.234. The predicted octanol–water partition coefficient (Wildman–Crippen LogP) is 3.94. The molecule has 4 heterocycles. The van der Waals surface area contributed by atoms with E-state index >= 15 is 0 Å². The second-order valence-electron chi connectivity index (χ2n) is 9.82. The molecule has 42 heavy (non-hydrogen) atoms. The molecule has 1 N–H and O–H groups in total. The molecule has 2 aromatic heterocycles. The van der Waals surface area contributed by atoms with Crippen LogP contribution in [0, 0.1) is 0 Å². The number of H-pyrrole nitrogens is 1. The molecule has 1 fully saturated rings. The Balaban J connectivity index is 1.17.